The van der Waals surface area contributed by atoms with Gasteiger partial charge < -0.3 is 21.8 Å². The molecule has 1 fully saturated rings. The Labute approximate surface area is 174 Å². The van der Waals surface area contributed by atoms with Crippen LogP contribution in [0, 0.1) is 5.92 Å². The predicted octanol–water partition coefficient (Wildman–Crippen LogP) is 0.364. The Hall–Kier alpha value is -0.603. The molecule has 3 atom stereocenters. The van der Waals surface area contributed by atoms with E-state index in [1.165, 1.54) is 12.5 Å². The molecule has 0 bridgehead atoms. The van der Waals surface area contributed by atoms with E-state index in [2.05, 4.69) is 5.32 Å². The second kappa shape index (κ2) is 11.4. The smallest absolute Gasteiger partial charge is 1.00 e. The van der Waals surface area contributed by atoms with Crippen molar-refractivity contribution in [2.75, 3.05) is 18.9 Å². The summed E-state index contributed by atoms with van der Waals surface area (Å²) in [6.45, 7) is 2.06. The average molecular weight is 391 g/mol. The van der Waals surface area contributed by atoms with Crippen molar-refractivity contribution in [2.45, 2.75) is 51.2 Å². The van der Waals surface area contributed by atoms with Crippen molar-refractivity contribution < 1.29 is 44.8 Å². The first-order valence-corrected chi connectivity index (χ1v) is 11.4. The van der Waals surface area contributed by atoms with Gasteiger partial charge in [0.2, 0.25) is 7.37 Å². The van der Waals surface area contributed by atoms with Gasteiger partial charge in [-0.05, 0) is 43.4 Å². The molecule has 8 heteroatoms. The summed E-state index contributed by atoms with van der Waals surface area (Å²) < 4.78 is 12.4. The van der Waals surface area contributed by atoms with E-state index in [1.807, 2.05) is 13.0 Å². The number of aliphatic hydroxyl groups is 1. The molecule has 1 aromatic rings. The molecule has 0 heterocycles. The van der Waals surface area contributed by atoms with Crippen LogP contribution in [0.25, 0.3) is 0 Å². The molecule has 1 aliphatic carbocycles. The van der Waals surface area contributed by atoms with Gasteiger partial charge in [-0.25, -0.2) is 4.79 Å². The molecular weight excluding hydrogens is 360 g/mol. The van der Waals surface area contributed by atoms with Crippen molar-refractivity contribution in [3.63, 3.8) is 0 Å². The molecule has 0 aliphatic heterocycles. The van der Waals surface area contributed by atoms with Crippen LogP contribution in [-0.2, 0) is 4.57 Å². The van der Waals surface area contributed by atoms with Crippen molar-refractivity contribution in [3.8, 4) is 0 Å². The van der Waals surface area contributed by atoms with E-state index in [0.29, 0.717) is 12.1 Å². The third kappa shape index (κ3) is 8.52. The van der Waals surface area contributed by atoms with Gasteiger partial charge in [-0.3, -0.25) is 4.57 Å². The Morgan fingerprint density at radius 3 is 2.63 bits per heavy atom. The number of hydrogen-bond donors (Lipinski definition) is 4. The number of rotatable bonds is 9. The number of nitrogens with one attached hydrogen (secondary N) is 1. The van der Waals surface area contributed by atoms with Gasteiger partial charge in [-0.1, -0.05) is 31.4 Å². The molecule has 1 aromatic carbocycles. The van der Waals surface area contributed by atoms with E-state index in [-0.39, 0.29) is 44.6 Å². The quantitative estimate of drug-likeness (QED) is 0.358. The summed E-state index contributed by atoms with van der Waals surface area (Å²) >= 11 is 0. The molecule has 0 radical (unpaired) electrons. The van der Waals surface area contributed by atoms with E-state index in [1.54, 1.807) is 12.1 Å². The van der Waals surface area contributed by atoms with Crippen LogP contribution < -0.4 is 24.2 Å². The van der Waals surface area contributed by atoms with Gasteiger partial charge in [0, 0.05) is 18.7 Å². The van der Waals surface area contributed by atoms with Crippen LogP contribution in [0.5, 0.6) is 0 Å². The number of aromatic carboxylic acids is 1. The van der Waals surface area contributed by atoms with Crippen molar-refractivity contribution in [3.05, 3.63) is 35.4 Å². The molecule has 4 N–H and O–H groups in total. The van der Waals surface area contributed by atoms with E-state index < -0.39 is 19.4 Å². The van der Waals surface area contributed by atoms with Crippen LogP contribution in [0.3, 0.4) is 0 Å². The number of carboxylic acid groups (broad SMARTS) is 1. The van der Waals surface area contributed by atoms with Gasteiger partial charge in [-0.2, -0.15) is 0 Å². The van der Waals surface area contributed by atoms with Crippen LogP contribution in [0.15, 0.2) is 24.3 Å². The number of carboxylic acids is 1. The summed E-state index contributed by atoms with van der Waals surface area (Å²) in [5, 5.41) is 22.3. The first kappa shape index (κ1) is 24.4. The largest absolute Gasteiger partial charge is 1.00 e. The molecule has 1 aliphatic rings. The Balaban J connectivity index is 0.00000364. The van der Waals surface area contributed by atoms with Gasteiger partial charge in [0.15, 0.2) is 0 Å². The summed E-state index contributed by atoms with van der Waals surface area (Å²) in [6.07, 6.45) is 4.78. The maximum Gasteiger partial charge on any atom is 1.00 e. The standard InChI is InChI=1S/C19H30NO5P.Li.H/c1-14(16-8-5-9-17(10-16)19(22)23)20-11-18(21)13-26(24,25)12-15-6-3-2-4-7-15;;/h5,8-10,14-15,18,20-21H,2-4,6-7,11-13H2,1H3,(H,22,23)(H,24,25);;/q;+1;-1/t14-,18-;;/m1../s1. The summed E-state index contributed by atoms with van der Waals surface area (Å²) in [4.78, 5) is 21.3. The zero-order valence-corrected chi connectivity index (χ0v) is 17.2. The third-order valence-electron chi connectivity index (χ3n) is 5.06. The zero-order chi connectivity index (χ0) is 19.2. The number of carbonyl (C=O) groups is 1. The Bertz CT molecular complexity index is 657. The molecule has 27 heavy (non-hydrogen) atoms. The molecule has 0 saturated heterocycles. The van der Waals surface area contributed by atoms with Crippen LogP contribution in [0.2, 0.25) is 0 Å². The zero-order valence-electron chi connectivity index (χ0n) is 17.3. The second-order valence-electron chi connectivity index (χ2n) is 7.43. The van der Waals surface area contributed by atoms with E-state index in [9.17, 15) is 19.4 Å². The molecule has 2 rings (SSSR count). The molecule has 0 aromatic heterocycles. The van der Waals surface area contributed by atoms with E-state index in [0.717, 1.165) is 31.2 Å². The van der Waals surface area contributed by atoms with E-state index >= 15 is 0 Å². The summed E-state index contributed by atoms with van der Waals surface area (Å²) in [6, 6.07) is 6.45. The van der Waals surface area contributed by atoms with Gasteiger partial charge >= 0.3 is 24.8 Å². The summed E-state index contributed by atoms with van der Waals surface area (Å²) in [7, 11) is -3.34. The van der Waals surface area contributed by atoms with Gasteiger partial charge in [0.05, 0.1) is 17.8 Å². The molecule has 148 valence electrons. The molecule has 0 amide bonds. The number of hydrogen-bond acceptors (Lipinski definition) is 4. The first-order chi connectivity index (χ1) is 12.3. The fourth-order valence-electron chi connectivity index (χ4n) is 3.61. The minimum atomic E-state index is -3.34. The van der Waals surface area contributed by atoms with Crippen molar-refractivity contribution in [1.82, 2.24) is 5.32 Å². The third-order valence-corrected chi connectivity index (χ3v) is 7.14. The maximum absolute atomic E-state index is 12.4. The monoisotopic (exact) mass is 391 g/mol. The van der Waals surface area contributed by atoms with Crippen molar-refractivity contribution >= 4 is 13.3 Å². The SMILES string of the molecule is C[C@@H](NC[C@@H](O)CP(=O)(O)CC1CCCCC1)c1cccc(C(=O)O)c1.[H-].[Li+]. The second-order valence-corrected chi connectivity index (χ2v) is 9.85. The van der Waals surface area contributed by atoms with Crippen LogP contribution in [-0.4, -0.2) is 46.0 Å². The Morgan fingerprint density at radius 1 is 1.33 bits per heavy atom. The van der Waals surface area contributed by atoms with Crippen LogP contribution in [0.1, 0.15) is 62.4 Å². The van der Waals surface area contributed by atoms with Crippen LogP contribution in [0.4, 0.5) is 0 Å². The molecular formula is C19H31LiNO5P. The Kier molecular flexibility index (Phi) is 10.3. The molecule has 6 nitrogen and oxygen atoms in total. The summed E-state index contributed by atoms with van der Waals surface area (Å²) in [5.41, 5.74) is 1.01. The predicted molar refractivity (Wildman–Crippen MR) is 103 cm³/mol. The minimum Gasteiger partial charge on any atom is -1.00 e. The fourth-order valence-corrected chi connectivity index (χ4v) is 5.72. The Morgan fingerprint density at radius 2 is 2.00 bits per heavy atom. The maximum atomic E-state index is 12.4. The number of aliphatic hydroxyl groups excluding tert-OH is 1. The van der Waals surface area contributed by atoms with Gasteiger partial charge in [-0.15, -0.1) is 0 Å². The van der Waals surface area contributed by atoms with E-state index in [4.69, 9.17) is 5.11 Å². The molecule has 0 spiro atoms. The fraction of sp³-hybridized carbons (Fsp3) is 0.632. The van der Waals surface area contributed by atoms with Crippen molar-refractivity contribution in [1.29, 1.82) is 0 Å². The van der Waals surface area contributed by atoms with Gasteiger partial charge in [0.1, 0.15) is 0 Å². The molecule has 1 saturated carbocycles. The number of benzene rings is 1. The normalized spacial score (nSPS) is 19.5. The summed E-state index contributed by atoms with van der Waals surface area (Å²) in [5.74, 6) is -0.680. The average Bonchev–Trinajstić information content (AvgIpc) is 2.59. The molecule has 1 unspecified atom stereocenters. The minimum absolute atomic E-state index is 0. The van der Waals surface area contributed by atoms with Gasteiger partial charge in [0.25, 0.3) is 0 Å². The first-order valence-electron chi connectivity index (χ1n) is 9.32. The van der Waals surface area contributed by atoms with Crippen LogP contribution >= 0.6 is 7.37 Å². The van der Waals surface area contributed by atoms with Crippen molar-refractivity contribution in [2.24, 2.45) is 5.92 Å². The topological polar surface area (TPSA) is 107 Å².